The van der Waals surface area contributed by atoms with Gasteiger partial charge in [0.25, 0.3) is 0 Å². The fourth-order valence-corrected chi connectivity index (χ4v) is 2.05. The van der Waals surface area contributed by atoms with Gasteiger partial charge in [-0.3, -0.25) is 0 Å². The summed E-state index contributed by atoms with van der Waals surface area (Å²) in [6.45, 7) is 4.05. The fourth-order valence-electron chi connectivity index (χ4n) is 1.60. The molecule has 0 saturated heterocycles. The molecule has 14 heavy (non-hydrogen) atoms. The van der Waals surface area contributed by atoms with Gasteiger partial charge in [-0.2, -0.15) is 0 Å². The number of rotatable bonds is 0. The Kier molecular flexibility index (Phi) is 2.39. The van der Waals surface area contributed by atoms with Crippen LogP contribution in [0, 0.1) is 17.4 Å². The van der Waals surface area contributed by atoms with E-state index in [9.17, 15) is 5.11 Å². The molecule has 72 valence electrons. The quantitative estimate of drug-likeness (QED) is 0.734. The van der Waals surface area contributed by atoms with Crippen molar-refractivity contribution in [3.8, 4) is 5.75 Å². The second-order valence-electron chi connectivity index (χ2n) is 3.58. The molecule has 0 amide bonds. The van der Waals surface area contributed by atoms with Crippen molar-refractivity contribution < 1.29 is 5.11 Å². The van der Waals surface area contributed by atoms with Crippen LogP contribution in [0.15, 0.2) is 24.3 Å². The molecule has 0 aliphatic carbocycles. The van der Waals surface area contributed by atoms with Gasteiger partial charge in [0, 0.05) is 5.39 Å². The first-order chi connectivity index (χ1) is 6.59. The van der Waals surface area contributed by atoms with Gasteiger partial charge in [0.05, 0.1) is 3.57 Å². The Balaban J connectivity index is 2.92. The van der Waals surface area contributed by atoms with E-state index in [1.54, 1.807) is 0 Å². The van der Waals surface area contributed by atoms with E-state index in [-0.39, 0.29) is 0 Å². The van der Waals surface area contributed by atoms with Gasteiger partial charge in [-0.05, 0) is 53.5 Å². The molecular formula is C12H11IO. The minimum absolute atomic E-state index is 0.407. The molecule has 2 aromatic rings. The third-order valence-corrected chi connectivity index (χ3v) is 3.75. The summed E-state index contributed by atoms with van der Waals surface area (Å²) in [4.78, 5) is 0. The molecular weight excluding hydrogens is 287 g/mol. The number of benzene rings is 2. The second-order valence-corrected chi connectivity index (χ2v) is 4.66. The highest BCUT2D eigenvalue weighted by Gasteiger charge is 2.07. The predicted octanol–water partition coefficient (Wildman–Crippen LogP) is 3.77. The Morgan fingerprint density at radius 3 is 2.57 bits per heavy atom. The first kappa shape index (κ1) is 9.77. The minimum atomic E-state index is 0.407. The number of aryl methyl sites for hydroxylation is 2. The SMILES string of the molecule is Cc1ccc2cc(C)c(I)c(O)c2c1. The smallest absolute Gasteiger partial charge is 0.136 e. The van der Waals surface area contributed by atoms with Crippen LogP contribution >= 0.6 is 22.6 Å². The van der Waals surface area contributed by atoms with Gasteiger partial charge in [0.1, 0.15) is 5.75 Å². The number of halogens is 1. The van der Waals surface area contributed by atoms with Crippen LogP contribution in [0.25, 0.3) is 10.8 Å². The number of aromatic hydroxyl groups is 1. The lowest BCUT2D eigenvalue weighted by molar-refractivity contribution is 0.477. The first-order valence-electron chi connectivity index (χ1n) is 4.48. The highest BCUT2D eigenvalue weighted by atomic mass is 127. The monoisotopic (exact) mass is 298 g/mol. The molecule has 2 rings (SSSR count). The average Bonchev–Trinajstić information content (AvgIpc) is 2.16. The molecule has 2 aromatic carbocycles. The molecule has 0 radical (unpaired) electrons. The van der Waals surface area contributed by atoms with Crippen LogP contribution in [-0.4, -0.2) is 5.11 Å². The molecule has 0 aliphatic rings. The third kappa shape index (κ3) is 1.47. The summed E-state index contributed by atoms with van der Waals surface area (Å²) in [6.07, 6.45) is 0. The number of hydrogen-bond donors (Lipinski definition) is 1. The lowest BCUT2D eigenvalue weighted by Gasteiger charge is -2.07. The van der Waals surface area contributed by atoms with Gasteiger partial charge in [0.15, 0.2) is 0 Å². The molecule has 0 saturated carbocycles. The van der Waals surface area contributed by atoms with Crippen LogP contribution < -0.4 is 0 Å². The van der Waals surface area contributed by atoms with Crippen molar-refractivity contribution in [2.24, 2.45) is 0 Å². The van der Waals surface area contributed by atoms with Crippen molar-refractivity contribution in [2.75, 3.05) is 0 Å². The Morgan fingerprint density at radius 1 is 1.14 bits per heavy atom. The molecule has 0 bridgehead atoms. The van der Waals surface area contributed by atoms with Crippen LogP contribution in [0.3, 0.4) is 0 Å². The lowest BCUT2D eigenvalue weighted by Crippen LogP contribution is -1.84. The molecule has 0 aromatic heterocycles. The Hall–Kier alpha value is -0.770. The Bertz CT molecular complexity index is 503. The van der Waals surface area contributed by atoms with Crippen LogP contribution in [-0.2, 0) is 0 Å². The van der Waals surface area contributed by atoms with Crippen LogP contribution in [0.1, 0.15) is 11.1 Å². The fraction of sp³-hybridized carbons (Fsp3) is 0.167. The molecule has 2 heteroatoms. The third-order valence-electron chi connectivity index (χ3n) is 2.39. The van der Waals surface area contributed by atoms with Gasteiger partial charge in [-0.1, -0.05) is 23.8 Å². The van der Waals surface area contributed by atoms with Crippen molar-refractivity contribution in [1.29, 1.82) is 0 Å². The van der Waals surface area contributed by atoms with Crippen molar-refractivity contribution in [3.05, 3.63) is 39.0 Å². The molecule has 0 fully saturated rings. The average molecular weight is 298 g/mol. The summed E-state index contributed by atoms with van der Waals surface area (Å²) in [5.41, 5.74) is 2.30. The summed E-state index contributed by atoms with van der Waals surface area (Å²) in [7, 11) is 0. The van der Waals surface area contributed by atoms with E-state index in [1.165, 1.54) is 5.56 Å². The highest BCUT2D eigenvalue weighted by Crippen LogP contribution is 2.32. The Morgan fingerprint density at radius 2 is 1.86 bits per heavy atom. The topological polar surface area (TPSA) is 20.2 Å². The van der Waals surface area contributed by atoms with Crippen LogP contribution in [0.2, 0.25) is 0 Å². The summed E-state index contributed by atoms with van der Waals surface area (Å²) < 4.78 is 0.945. The van der Waals surface area contributed by atoms with Crippen LogP contribution in [0.5, 0.6) is 5.75 Å². The Labute approximate surface area is 96.9 Å². The van der Waals surface area contributed by atoms with Crippen molar-refractivity contribution in [1.82, 2.24) is 0 Å². The van der Waals surface area contributed by atoms with E-state index in [1.807, 2.05) is 26.0 Å². The van der Waals surface area contributed by atoms with E-state index in [0.29, 0.717) is 5.75 Å². The summed E-state index contributed by atoms with van der Waals surface area (Å²) >= 11 is 2.18. The molecule has 0 heterocycles. The maximum absolute atomic E-state index is 9.96. The van der Waals surface area contributed by atoms with Crippen LogP contribution in [0.4, 0.5) is 0 Å². The molecule has 0 atom stereocenters. The van der Waals surface area contributed by atoms with E-state index in [2.05, 4.69) is 34.7 Å². The second kappa shape index (κ2) is 3.42. The zero-order valence-corrected chi connectivity index (χ0v) is 10.3. The number of hydrogen-bond acceptors (Lipinski definition) is 1. The maximum Gasteiger partial charge on any atom is 0.136 e. The van der Waals surface area contributed by atoms with Crippen molar-refractivity contribution >= 4 is 33.4 Å². The van der Waals surface area contributed by atoms with Gasteiger partial charge < -0.3 is 5.11 Å². The summed E-state index contributed by atoms with van der Waals surface area (Å²) in [6, 6.07) is 8.24. The molecule has 0 unspecified atom stereocenters. The molecule has 1 N–H and O–H groups in total. The highest BCUT2D eigenvalue weighted by molar-refractivity contribution is 14.1. The van der Waals surface area contributed by atoms with Crippen molar-refractivity contribution in [3.63, 3.8) is 0 Å². The number of phenols is 1. The predicted molar refractivity (Wildman–Crippen MR) is 67.8 cm³/mol. The largest absolute Gasteiger partial charge is 0.506 e. The molecule has 0 aliphatic heterocycles. The molecule has 1 nitrogen and oxygen atoms in total. The lowest BCUT2D eigenvalue weighted by atomic mass is 10.0. The minimum Gasteiger partial charge on any atom is -0.506 e. The normalized spacial score (nSPS) is 10.8. The molecule has 0 spiro atoms. The zero-order chi connectivity index (χ0) is 10.3. The van der Waals surface area contributed by atoms with Gasteiger partial charge in [0.2, 0.25) is 0 Å². The number of fused-ring (bicyclic) bond motifs is 1. The first-order valence-corrected chi connectivity index (χ1v) is 5.56. The number of phenolic OH excluding ortho intramolecular Hbond substituents is 1. The van der Waals surface area contributed by atoms with Gasteiger partial charge in [-0.15, -0.1) is 0 Å². The van der Waals surface area contributed by atoms with Crippen molar-refractivity contribution in [2.45, 2.75) is 13.8 Å². The standard InChI is InChI=1S/C12H11IO/c1-7-3-4-9-6-8(2)11(13)12(14)10(9)5-7/h3-6,14H,1-2H3. The van der Waals surface area contributed by atoms with E-state index in [0.717, 1.165) is 19.9 Å². The van der Waals surface area contributed by atoms with E-state index in [4.69, 9.17) is 0 Å². The summed E-state index contributed by atoms with van der Waals surface area (Å²) in [5, 5.41) is 12.0. The summed E-state index contributed by atoms with van der Waals surface area (Å²) in [5.74, 6) is 0.407. The van der Waals surface area contributed by atoms with Gasteiger partial charge in [-0.25, -0.2) is 0 Å². The zero-order valence-electron chi connectivity index (χ0n) is 8.13. The van der Waals surface area contributed by atoms with E-state index >= 15 is 0 Å². The maximum atomic E-state index is 9.96. The van der Waals surface area contributed by atoms with Gasteiger partial charge >= 0.3 is 0 Å². The van der Waals surface area contributed by atoms with E-state index < -0.39 is 0 Å².